The molecular formula is C13H17FO3. The van der Waals surface area contributed by atoms with Crippen LogP contribution in [-0.2, 0) is 9.53 Å². The highest BCUT2D eigenvalue weighted by Crippen LogP contribution is 2.35. The summed E-state index contributed by atoms with van der Waals surface area (Å²) >= 11 is 0. The smallest absolute Gasteiger partial charge is 0.314 e. The van der Waals surface area contributed by atoms with E-state index in [-0.39, 0.29) is 12.2 Å². The predicted octanol–water partition coefficient (Wildman–Crippen LogP) is 2.45. The highest BCUT2D eigenvalue weighted by molar-refractivity contribution is 5.77. The molecule has 0 heterocycles. The predicted molar refractivity (Wildman–Crippen MR) is 61.8 cm³/mol. The maximum absolute atomic E-state index is 13.5. The Morgan fingerprint density at radius 3 is 2.59 bits per heavy atom. The van der Waals surface area contributed by atoms with E-state index in [1.165, 1.54) is 32.0 Å². The van der Waals surface area contributed by atoms with Gasteiger partial charge in [-0.3, -0.25) is 4.79 Å². The van der Waals surface area contributed by atoms with Crippen molar-refractivity contribution < 1.29 is 19.0 Å². The number of hydrogen-bond acceptors (Lipinski definition) is 3. The molecule has 0 bridgehead atoms. The van der Waals surface area contributed by atoms with Crippen LogP contribution in [0.1, 0.15) is 32.4 Å². The van der Waals surface area contributed by atoms with Crippen LogP contribution in [0.5, 0.6) is 0 Å². The largest absolute Gasteiger partial charge is 0.465 e. The third-order valence-electron chi connectivity index (χ3n) is 2.68. The molecule has 0 aromatic heterocycles. The quantitative estimate of drug-likeness (QED) is 0.822. The third-order valence-corrected chi connectivity index (χ3v) is 2.68. The van der Waals surface area contributed by atoms with Gasteiger partial charge in [0.1, 0.15) is 5.82 Å². The lowest BCUT2D eigenvalue weighted by Crippen LogP contribution is -2.33. The molecule has 1 rings (SSSR count). The number of rotatable bonds is 4. The van der Waals surface area contributed by atoms with Crippen molar-refractivity contribution in [2.24, 2.45) is 5.41 Å². The summed E-state index contributed by atoms with van der Waals surface area (Å²) in [7, 11) is 0. The number of halogens is 1. The van der Waals surface area contributed by atoms with Gasteiger partial charge in [0.25, 0.3) is 0 Å². The highest BCUT2D eigenvalue weighted by atomic mass is 19.1. The minimum absolute atomic E-state index is 0.102. The third kappa shape index (κ3) is 2.82. The van der Waals surface area contributed by atoms with E-state index >= 15 is 0 Å². The van der Waals surface area contributed by atoms with Crippen LogP contribution >= 0.6 is 0 Å². The lowest BCUT2D eigenvalue weighted by molar-refractivity contribution is -0.160. The molecule has 0 saturated carbocycles. The van der Waals surface area contributed by atoms with E-state index in [2.05, 4.69) is 0 Å². The Morgan fingerprint density at radius 2 is 2.06 bits per heavy atom. The monoisotopic (exact) mass is 240 g/mol. The van der Waals surface area contributed by atoms with Crippen molar-refractivity contribution in [1.82, 2.24) is 0 Å². The Balaban J connectivity index is 3.00. The van der Waals surface area contributed by atoms with E-state index in [0.29, 0.717) is 0 Å². The Bertz CT molecular complexity index is 401. The van der Waals surface area contributed by atoms with Crippen LogP contribution in [0.25, 0.3) is 0 Å². The van der Waals surface area contributed by atoms with Crippen molar-refractivity contribution in [1.29, 1.82) is 0 Å². The summed E-state index contributed by atoms with van der Waals surface area (Å²) in [5.41, 5.74) is -1.08. The zero-order valence-electron chi connectivity index (χ0n) is 10.2. The topological polar surface area (TPSA) is 46.5 Å². The lowest BCUT2D eigenvalue weighted by atomic mass is 9.82. The van der Waals surface area contributed by atoms with Crippen LogP contribution in [0.4, 0.5) is 4.39 Å². The minimum Gasteiger partial charge on any atom is -0.465 e. The number of benzene rings is 1. The second kappa shape index (κ2) is 5.27. The molecule has 1 aromatic carbocycles. The maximum atomic E-state index is 13.5. The van der Waals surface area contributed by atoms with Gasteiger partial charge in [0.15, 0.2) is 0 Å². The van der Waals surface area contributed by atoms with E-state index in [1.807, 2.05) is 0 Å². The molecule has 1 aromatic rings. The zero-order chi connectivity index (χ0) is 13.1. The molecule has 1 N–H and O–H groups in total. The molecule has 0 aliphatic carbocycles. The molecule has 0 aliphatic rings. The minimum atomic E-state index is -1.23. The van der Waals surface area contributed by atoms with Crippen LogP contribution in [0.15, 0.2) is 24.3 Å². The molecule has 94 valence electrons. The molecule has 0 amide bonds. The molecule has 0 saturated heterocycles. The average molecular weight is 240 g/mol. The Labute approximate surface area is 100 Å². The molecular weight excluding hydrogens is 223 g/mol. The average Bonchev–Trinajstić information content (AvgIpc) is 2.29. The van der Waals surface area contributed by atoms with Gasteiger partial charge in [0.05, 0.1) is 18.1 Å². The van der Waals surface area contributed by atoms with E-state index in [9.17, 15) is 14.3 Å². The Kier molecular flexibility index (Phi) is 4.23. The molecule has 0 radical (unpaired) electrons. The van der Waals surface area contributed by atoms with Crippen LogP contribution in [0.2, 0.25) is 0 Å². The summed E-state index contributed by atoms with van der Waals surface area (Å²) in [6.45, 7) is 4.97. The summed E-state index contributed by atoms with van der Waals surface area (Å²) in [5.74, 6) is -1.08. The van der Waals surface area contributed by atoms with Gasteiger partial charge in [-0.05, 0) is 26.8 Å². The number of aliphatic hydroxyl groups is 1. The Morgan fingerprint density at radius 1 is 1.47 bits per heavy atom. The number of hydrogen-bond donors (Lipinski definition) is 1. The van der Waals surface area contributed by atoms with Gasteiger partial charge < -0.3 is 9.84 Å². The second-order valence-corrected chi connectivity index (χ2v) is 4.37. The summed E-state index contributed by atoms with van der Waals surface area (Å²) in [4.78, 5) is 11.7. The van der Waals surface area contributed by atoms with Crippen molar-refractivity contribution in [3.8, 4) is 0 Å². The Hall–Kier alpha value is -1.42. The standard InChI is InChI=1S/C13H17FO3/c1-4-17-12(16)13(2,3)11(15)9-7-5-6-8-10(9)14/h5-8,11,15H,4H2,1-3H3. The van der Waals surface area contributed by atoms with Crippen LogP contribution < -0.4 is 0 Å². The van der Waals surface area contributed by atoms with Gasteiger partial charge in [-0.25, -0.2) is 4.39 Å². The van der Waals surface area contributed by atoms with Gasteiger partial charge in [0, 0.05) is 5.56 Å². The van der Waals surface area contributed by atoms with E-state index in [4.69, 9.17) is 4.74 Å². The maximum Gasteiger partial charge on any atom is 0.314 e. The molecule has 3 nitrogen and oxygen atoms in total. The normalized spacial score (nSPS) is 13.2. The highest BCUT2D eigenvalue weighted by Gasteiger charge is 2.39. The first-order valence-corrected chi connectivity index (χ1v) is 5.51. The summed E-state index contributed by atoms with van der Waals surface area (Å²) < 4.78 is 18.4. The van der Waals surface area contributed by atoms with Crippen molar-refractivity contribution in [2.45, 2.75) is 26.9 Å². The fraction of sp³-hybridized carbons (Fsp3) is 0.462. The first kappa shape index (κ1) is 13.6. The summed E-state index contributed by atoms with van der Waals surface area (Å²) in [6, 6.07) is 5.85. The molecule has 1 unspecified atom stereocenters. The van der Waals surface area contributed by atoms with Gasteiger partial charge in [0.2, 0.25) is 0 Å². The number of ether oxygens (including phenoxy) is 1. The number of carbonyl (C=O) groups is 1. The van der Waals surface area contributed by atoms with Crippen molar-refractivity contribution in [3.63, 3.8) is 0 Å². The van der Waals surface area contributed by atoms with Gasteiger partial charge in [-0.15, -0.1) is 0 Å². The molecule has 0 fully saturated rings. The van der Waals surface area contributed by atoms with Crippen molar-refractivity contribution >= 4 is 5.97 Å². The second-order valence-electron chi connectivity index (χ2n) is 4.37. The van der Waals surface area contributed by atoms with Crippen molar-refractivity contribution in [3.05, 3.63) is 35.6 Å². The fourth-order valence-corrected chi connectivity index (χ4v) is 1.51. The van der Waals surface area contributed by atoms with Crippen LogP contribution in [0, 0.1) is 11.2 Å². The van der Waals surface area contributed by atoms with Crippen LogP contribution in [-0.4, -0.2) is 17.7 Å². The van der Waals surface area contributed by atoms with Crippen LogP contribution in [0.3, 0.4) is 0 Å². The van der Waals surface area contributed by atoms with Crippen molar-refractivity contribution in [2.75, 3.05) is 6.61 Å². The first-order valence-electron chi connectivity index (χ1n) is 5.51. The number of esters is 1. The van der Waals surface area contributed by atoms with Gasteiger partial charge in [-0.2, -0.15) is 0 Å². The lowest BCUT2D eigenvalue weighted by Gasteiger charge is -2.28. The fourth-order valence-electron chi connectivity index (χ4n) is 1.51. The van der Waals surface area contributed by atoms with Gasteiger partial charge >= 0.3 is 5.97 Å². The van der Waals surface area contributed by atoms with E-state index in [0.717, 1.165) is 0 Å². The SMILES string of the molecule is CCOC(=O)C(C)(C)C(O)c1ccccc1F. The summed E-state index contributed by atoms with van der Waals surface area (Å²) in [5, 5.41) is 10.1. The number of carbonyl (C=O) groups excluding carboxylic acids is 1. The molecule has 4 heteroatoms. The molecule has 17 heavy (non-hydrogen) atoms. The first-order chi connectivity index (χ1) is 7.91. The van der Waals surface area contributed by atoms with Gasteiger partial charge in [-0.1, -0.05) is 18.2 Å². The molecule has 1 atom stereocenters. The summed E-state index contributed by atoms with van der Waals surface area (Å²) in [6.07, 6.45) is -1.23. The van der Waals surface area contributed by atoms with E-state index < -0.39 is 23.3 Å². The van der Waals surface area contributed by atoms with E-state index in [1.54, 1.807) is 13.0 Å². The number of aliphatic hydroxyl groups excluding tert-OH is 1. The molecule has 0 spiro atoms. The molecule has 0 aliphatic heterocycles. The zero-order valence-corrected chi connectivity index (χ0v) is 10.2.